The molecule has 66 valence electrons. The maximum atomic E-state index is 8.60. The van der Waals surface area contributed by atoms with Crippen LogP contribution in [0.15, 0.2) is 0 Å². The van der Waals surface area contributed by atoms with Crippen LogP contribution in [0.5, 0.6) is 0 Å². The van der Waals surface area contributed by atoms with Crippen molar-refractivity contribution in [3.05, 3.63) is 0 Å². The lowest BCUT2D eigenvalue weighted by atomic mass is 11.7. The monoisotopic (exact) mass is 168 g/mol. The average Bonchev–Trinajstić information content (AvgIpc) is 1.87. The number of aliphatic hydroxyl groups is 1. The summed E-state index contributed by atoms with van der Waals surface area (Å²) < 4.78 is 9.81. The predicted octanol–water partition coefficient (Wildman–Crippen LogP) is 1.15. The van der Waals surface area contributed by atoms with Crippen LogP contribution in [0.1, 0.15) is 14.9 Å². The minimum atomic E-state index is -2.12. The molecule has 0 aromatic carbocycles. The van der Waals surface area contributed by atoms with Gasteiger partial charge in [-0.2, -0.15) is 0 Å². The van der Waals surface area contributed by atoms with Gasteiger partial charge in [-0.1, -0.05) is 14.9 Å². The predicted molar refractivity (Wildman–Crippen MR) is 46.2 cm³/mol. The molecule has 0 saturated carbocycles. The van der Waals surface area contributed by atoms with Gasteiger partial charge in [-0.15, -0.1) is 0 Å². The first-order valence-electron chi connectivity index (χ1n) is 2.39. The number of hydrogen-bond acceptors (Lipinski definition) is 3. The summed E-state index contributed by atoms with van der Waals surface area (Å²) in [6.07, 6.45) is 0.0139. The van der Waals surface area contributed by atoms with Gasteiger partial charge >= 0.3 is 8.56 Å². The maximum Gasteiger partial charge on any atom is 0.360 e. The lowest BCUT2D eigenvalue weighted by Crippen LogP contribution is -2.40. The molecule has 0 radical (unpaired) electrons. The van der Waals surface area contributed by atoms with Gasteiger partial charge in [0, 0.05) is 14.2 Å². The number of rotatable bonds is 3. The van der Waals surface area contributed by atoms with Crippen molar-refractivity contribution in [1.82, 2.24) is 0 Å². The minimum Gasteiger partial charge on any atom is -0.396 e. The Morgan fingerprint density at radius 2 is 1.50 bits per heavy atom. The third-order valence-corrected chi connectivity index (χ3v) is 3.45. The maximum absolute atomic E-state index is 8.60. The van der Waals surface area contributed by atoms with Gasteiger partial charge < -0.3 is 14.0 Å². The molecule has 0 aliphatic heterocycles. The van der Waals surface area contributed by atoms with Gasteiger partial charge in [-0.3, -0.25) is 0 Å². The van der Waals surface area contributed by atoms with Crippen molar-refractivity contribution in [2.75, 3.05) is 20.4 Å². The minimum absolute atomic E-state index is 0. The molecule has 0 saturated heterocycles. The van der Waals surface area contributed by atoms with Crippen LogP contribution in [0.25, 0.3) is 0 Å². The molecule has 0 amide bonds. The molecule has 0 fully saturated rings. The standard InChI is InChI=1S/C4H12O3Si.2CH4/c1-6-8(3,4-5)7-2;;/h5H,4H2,1-3H3;2*1H4. The van der Waals surface area contributed by atoms with Gasteiger partial charge in [-0.05, 0) is 6.55 Å². The number of hydrogen-bond donors (Lipinski definition) is 1. The summed E-state index contributed by atoms with van der Waals surface area (Å²) >= 11 is 0. The van der Waals surface area contributed by atoms with E-state index in [4.69, 9.17) is 14.0 Å². The quantitative estimate of drug-likeness (QED) is 0.643. The summed E-state index contributed by atoms with van der Waals surface area (Å²) in [7, 11) is 0.979. The highest BCUT2D eigenvalue weighted by Crippen LogP contribution is 2.00. The van der Waals surface area contributed by atoms with Crippen LogP contribution < -0.4 is 0 Å². The first-order chi connectivity index (χ1) is 3.68. The van der Waals surface area contributed by atoms with E-state index in [0.29, 0.717) is 0 Å². The Morgan fingerprint density at radius 3 is 1.50 bits per heavy atom. The molecule has 0 aliphatic carbocycles. The Bertz CT molecular complexity index is 55.7. The van der Waals surface area contributed by atoms with E-state index >= 15 is 0 Å². The second kappa shape index (κ2) is 7.21. The SMILES string of the molecule is C.C.CO[Si](C)(CO)OC. The molecule has 4 heteroatoms. The van der Waals surface area contributed by atoms with Crippen LogP contribution in [0.3, 0.4) is 0 Å². The molecule has 10 heavy (non-hydrogen) atoms. The first-order valence-corrected chi connectivity index (χ1v) is 4.92. The van der Waals surface area contributed by atoms with Gasteiger partial charge in [0.15, 0.2) is 0 Å². The van der Waals surface area contributed by atoms with Crippen LogP contribution >= 0.6 is 0 Å². The molecule has 0 bridgehead atoms. The molecule has 0 aromatic rings. The highest BCUT2D eigenvalue weighted by molar-refractivity contribution is 6.65. The molecular weight excluding hydrogens is 148 g/mol. The molecule has 3 nitrogen and oxygen atoms in total. The molecule has 0 rings (SSSR count). The Morgan fingerprint density at radius 1 is 1.20 bits per heavy atom. The molecule has 0 unspecified atom stereocenters. The van der Waals surface area contributed by atoms with Gasteiger partial charge in [0.05, 0.1) is 6.23 Å². The fourth-order valence-corrected chi connectivity index (χ4v) is 0.637. The molecule has 0 heterocycles. The van der Waals surface area contributed by atoms with E-state index in [1.54, 1.807) is 20.8 Å². The zero-order valence-electron chi connectivity index (χ0n) is 5.47. The van der Waals surface area contributed by atoms with E-state index in [9.17, 15) is 0 Å². The van der Waals surface area contributed by atoms with Crippen molar-refractivity contribution in [1.29, 1.82) is 0 Å². The highest BCUT2D eigenvalue weighted by Gasteiger charge is 2.26. The lowest BCUT2D eigenvalue weighted by Gasteiger charge is -2.18. The van der Waals surface area contributed by atoms with Crippen LogP contribution in [0.4, 0.5) is 0 Å². The largest absolute Gasteiger partial charge is 0.396 e. The summed E-state index contributed by atoms with van der Waals surface area (Å²) in [5, 5.41) is 8.60. The van der Waals surface area contributed by atoms with E-state index in [1.807, 2.05) is 0 Å². The molecule has 1 N–H and O–H groups in total. The van der Waals surface area contributed by atoms with Crippen molar-refractivity contribution in [2.45, 2.75) is 21.4 Å². The number of aliphatic hydroxyl groups excluding tert-OH is 1. The fraction of sp³-hybridized carbons (Fsp3) is 1.00. The lowest BCUT2D eigenvalue weighted by molar-refractivity contribution is 0.204. The first kappa shape index (κ1) is 16.6. The fourth-order valence-electron chi connectivity index (χ4n) is 0.212. The van der Waals surface area contributed by atoms with E-state index < -0.39 is 8.56 Å². The zero-order valence-corrected chi connectivity index (χ0v) is 6.47. The molecule has 0 aromatic heterocycles. The van der Waals surface area contributed by atoms with E-state index in [0.717, 1.165) is 0 Å². The van der Waals surface area contributed by atoms with Gasteiger partial charge in [0.2, 0.25) is 0 Å². The molecular formula is C6H20O3Si. The van der Waals surface area contributed by atoms with Crippen molar-refractivity contribution in [3.63, 3.8) is 0 Å². The van der Waals surface area contributed by atoms with Crippen molar-refractivity contribution < 1.29 is 14.0 Å². The van der Waals surface area contributed by atoms with Crippen molar-refractivity contribution >= 4 is 8.56 Å². The van der Waals surface area contributed by atoms with E-state index in [1.165, 1.54) is 0 Å². The summed E-state index contributed by atoms with van der Waals surface area (Å²) in [6.45, 7) is 1.80. The molecule has 0 spiro atoms. The molecule has 0 atom stereocenters. The Hall–Kier alpha value is 0.0969. The van der Waals surface area contributed by atoms with Gasteiger partial charge in [0.25, 0.3) is 0 Å². The van der Waals surface area contributed by atoms with Gasteiger partial charge in [0.1, 0.15) is 0 Å². The Kier molecular flexibility index (Phi) is 12.0. The smallest absolute Gasteiger partial charge is 0.360 e. The van der Waals surface area contributed by atoms with E-state index in [-0.39, 0.29) is 21.1 Å². The van der Waals surface area contributed by atoms with Crippen molar-refractivity contribution in [3.8, 4) is 0 Å². The summed E-state index contributed by atoms with van der Waals surface area (Å²) in [4.78, 5) is 0. The highest BCUT2D eigenvalue weighted by atomic mass is 28.4. The average molecular weight is 168 g/mol. The van der Waals surface area contributed by atoms with Crippen LogP contribution in [-0.2, 0) is 8.85 Å². The topological polar surface area (TPSA) is 38.7 Å². The third kappa shape index (κ3) is 4.93. The van der Waals surface area contributed by atoms with E-state index in [2.05, 4.69) is 0 Å². The van der Waals surface area contributed by atoms with Crippen molar-refractivity contribution in [2.24, 2.45) is 0 Å². The van der Waals surface area contributed by atoms with Gasteiger partial charge in [-0.25, -0.2) is 0 Å². The summed E-state index contributed by atoms with van der Waals surface area (Å²) in [5.41, 5.74) is 0. The normalized spacial score (nSPS) is 9.60. The Balaban J connectivity index is -0.000000245. The van der Waals surface area contributed by atoms with Crippen LogP contribution in [0.2, 0.25) is 6.55 Å². The Labute approximate surface area is 65.2 Å². The summed E-state index contributed by atoms with van der Waals surface area (Å²) in [6, 6.07) is 0. The zero-order chi connectivity index (χ0) is 6.62. The summed E-state index contributed by atoms with van der Waals surface area (Å²) in [5.74, 6) is 0. The third-order valence-electron chi connectivity index (χ3n) is 1.15. The second-order valence-electron chi connectivity index (χ2n) is 1.70. The second-order valence-corrected chi connectivity index (χ2v) is 5.10. The van der Waals surface area contributed by atoms with Crippen LogP contribution in [-0.4, -0.2) is 34.1 Å². The van der Waals surface area contributed by atoms with Crippen LogP contribution in [0, 0.1) is 0 Å². The molecule has 0 aliphatic rings.